The molecule has 1 aromatic carbocycles. The zero-order valence-electron chi connectivity index (χ0n) is 8.76. The molecule has 0 aliphatic carbocycles. The van der Waals surface area contributed by atoms with Crippen LogP contribution in [0.5, 0.6) is 0 Å². The molecule has 0 amide bonds. The van der Waals surface area contributed by atoms with E-state index in [1.807, 2.05) is 6.07 Å². The number of hydrogen-bond donors (Lipinski definition) is 0. The Morgan fingerprint density at radius 2 is 2.00 bits per heavy atom. The number of benzene rings is 1. The Hall–Kier alpha value is -0.530. The topological polar surface area (TPSA) is 3.24 Å². The molecule has 76 valence electrons. The van der Waals surface area contributed by atoms with Crippen LogP contribution in [0.1, 0.15) is 25.0 Å². The fourth-order valence-electron chi connectivity index (χ4n) is 2.08. The number of halogens is 1. The van der Waals surface area contributed by atoms with Crippen LogP contribution in [-0.2, 0) is 13.1 Å². The van der Waals surface area contributed by atoms with Gasteiger partial charge in [0.05, 0.1) is 0 Å². The quantitative estimate of drug-likeness (QED) is 0.723. The van der Waals surface area contributed by atoms with Gasteiger partial charge in [-0.05, 0) is 29.2 Å². The zero-order chi connectivity index (χ0) is 10.1. The van der Waals surface area contributed by atoms with Crippen molar-refractivity contribution in [3.05, 3.63) is 34.3 Å². The highest BCUT2D eigenvalue weighted by atomic mass is 35.5. The van der Waals surface area contributed by atoms with Gasteiger partial charge in [-0.25, -0.2) is 0 Å². The van der Waals surface area contributed by atoms with Crippen molar-refractivity contribution in [1.82, 2.24) is 4.90 Å². The van der Waals surface area contributed by atoms with Crippen LogP contribution in [-0.4, -0.2) is 11.4 Å². The summed E-state index contributed by atoms with van der Waals surface area (Å²) in [4.78, 5) is 2.48. The lowest BCUT2D eigenvalue weighted by Gasteiger charge is -2.16. The van der Waals surface area contributed by atoms with Crippen molar-refractivity contribution >= 4 is 11.6 Å². The number of fused-ring (bicyclic) bond motifs is 1. The summed E-state index contributed by atoms with van der Waals surface area (Å²) in [6.45, 7) is 7.84. The Bertz CT molecular complexity index is 333. The Labute approximate surface area is 90.7 Å². The van der Waals surface area contributed by atoms with Crippen molar-refractivity contribution in [2.24, 2.45) is 5.92 Å². The number of hydrogen-bond acceptors (Lipinski definition) is 1. The summed E-state index contributed by atoms with van der Waals surface area (Å²) < 4.78 is 0. The molecule has 0 saturated carbocycles. The SMILES string of the molecule is CC(C)CN1Cc2ccc(Cl)cc2C1. The van der Waals surface area contributed by atoms with Gasteiger partial charge in [-0.2, -0.15) is 0 Å². The average Bonchev–Trinajstić information content (AvgIpc) is 2.44. The average molecular weight is 210 g/mol. The first-order valence-electron chi connectivity index (χ1n) is 5.15. The molecule has 0 N–H and O–H groups in total. The molecule has 1 nitrogen and oxygen atoms in total. The first kappa shape index (κ1) is 10.0. The summed E-state index contributed by atoms with van der Waals surface area (Å²) in [6.07, 6.45) is 0. The van der Waals surface area contributed by atoms with Gasteiger partial charge in [-0.3, -0.25) is 4.90 Å². The highest BCUT2D eigenvalue weighted by molar-refractivity contribution is 6.30. The van der Waals surface area contributed by atoms with Crippen LogP contribution in [0, 0.1) is 5.92 Å². The fraction of sp³-hybridized carbons (Fsp3) is 0.500. The van der Waals surface area contributed by atoms with Crippen molar-refractivity contribution in [2.75, 3.05) is 6.54 Å². The normalized spacial score (nSPS) is 16.3. The highest BCUT2D eigenvalue weighted by Crippen LogP contribution is 2.25. The zero-order valence-corrected chi connectivity index (χ0v) is 9.51. The van der Waals surface area contributed by atoms with Crippen molar-refractivity contribution in [1.29, 1.82) is 0 Å². The minimum absolute atomic E-state index is 0.736. The summed E-state index contributed by atoms with van der Waals surface area (Å²) >= 11 is 5.96. The predicted octanol–water partition coefficient (Wildman–Crippen LogP) is 3.31. The maximum atomic E-state index is 5.96. The molecule has 14 heavy (non-hydrogen) atoms. The van der Waals surface area contributed by atoms with E-state index in [9.17, 15) is 0 Å². The summed E-state index contributed by atoms with van der Waals surface area (Å²) in [6, 6.07) is 6.23. The second-order valence-corrected chi connectivity index (χ2v) is 4.91. The van der Waals surface area contributed by atoms with E-state index in [-0.39, 0.29) is 0 Å². The maximum Gasteiger partial charge on any atom is 0.0409 e. The molecule has 1 aromatic rings. The van der Waals surface area contributed by atoms with E-state index in [1.54, 1.807) is 0 Å². The monoisotopic (exact) mass is 209 g/mol. The van der Waals surface area contributed by atoms with Gasteiger partial charge in [0.15, 0.2) is 0 Å². The Morgan fingerprint density at radius 1 is 1.29 bits per heavy atom. The molecule has 0 saturated heterocycles. The van der Waals surface area contributed by atoms with E-state index in [4.69, 9.17) is 11.6 Å². The molecule has 0 spiro atoms. The number of rotatable bonds is 2. The van der Waals surface area contributed by atoms with Crippen molar-refractivity contribution in [3.8, 4) is 0 Å². The van der Waals surface area contributed by atoms with Crippen LogP contribution in [0.4, 0.5) is 0 Å². The largest absolute Gasteiger partial charge is 0.295 e. The summed E-state index contributed by atoms with van der Waals surface area (Å²) in [7, 11) is 0. The van der Waals surface area contributed by atoms with Gasteiger partial charge in [0.2, 0.25) is 0 Å². The van der Waals surface area contributed by atoms with Gasteiger partial charge >= 0.3 is 0 Å². The molecule has 0 radical (unpaired) electrons. The van der Waals surface area contributed by atoms with Gasteiger partial charge in [0, 0.05) is 24.7 Å². The molecule has 2 heteroatoms. The first-order chi connectivity index (χ1) is 6.65. The molecular formula is C12H16ClN. The molecular weight excluding hydrogens is 194 g/mol. The minimum atomic E-state index is 0.736. The lowest BCUT2D eigenvalue weighted by atomic mass is 10.1. The smallest absolute Gasteiger partial charge is 0.0409 e. The maximum absolute atomic E-state index is 5.96. The van der Waals surface area contributed by atoms with Crippen LogP contribution in [0.25, 0.3) is 0 Å². The third-order valence-corrected chi connectivity index (χ3v) is 2.81. The van der Waals surface area contributed by atoms with E-state index in [0.29, 0.717) is 0 Å². The van der Waals surface area contributed by atoms with Crippen LogP contribution in [0.3, 0.4) is 0 Å². The number of nitrogens with zero attached hydrogens (tertiary/aromatic N) is 1. The van der Waals surface area contributed by atoms with Crippen LogP contribution in [0.2, 0.25) is 5.02 Å². The van der Waals surface area contributed by atoms with Crippen molar-refractivity contribution < 1.29 is 0 Å². The summed E-state index contributed by atoms with van der Waals surface area (Å²) in [5.41, 5.74) is 2.84. The highest BCUT2D eigenvalue weighted by Gasteiger charge is 2.19. The lowest BCUT2D eigenvalue weighted by molar-refractivity contribution is 0.251. The van der Waals surface area contributed by atoms with Gasteiger partial charge in [-0.1, -0.05) is 31.5 Å². The van der Waals surface area contributed by atoms with E-state index in [0.717, 1.165) is 24.0 Å². The minimum Gasteiger partial charge on any atom is -0.295 e. The second kappa shape index (κ2) is 3.92. The molecule has 1 heterocycles. The Morgan fingerprint density at radius 3 is 2.71 bits per heavy atom. The predicted molar refractivity (Wildman–Crippen MR) is 60.4 cm³/mol. The van der Waals surface area contributed by atoms with Gasteiger partial charge < -0.3 is 0 Å². The molecule has 1 aliphatic heterocycles. The second-order valence-electron chi connectivity index (χ2n) is 4.48. The summed E-state index contributed by atoms with van der Waals surface area (Å²) in [5, 5.41) is 0.857. The Balaban J connectivity index is 2.10. The van der Waals surface area contributed by atoms with E-state index in [1.165, 1.54) is 17.7 Å². The van der Waals surface area contributed by atoms with E-state index < -0.39 is 0 Å². The van der Waals surface area contributed by atoms with Gasteiger partial charge in [0.1, 0.15) is 0 Å². The van der Waals surface area contributed by atoms with E-state index >= 15 is 0 Å². The third kappa shape index (κ3) is 2.10. The molecule has 0 fully saturated rings. The third-order valence-electron chi connectivity index (χ3n) is 2.58. The van der Waals surface area contributed by atoms with E-state index in [2.05, 4.69) is 30.9 Å². The molecule has 1 aliphatic rings. The van der Waals surface area contributed by atoms with Crippen LogP contribution < -0.4 is 0 Å². The molecule has 0 unspecified atom stereocenters. The van der Waals surface area contributed by atoms with Gasteiger partial charge in [-0.15, -0.1) is 0 Å². The first-order valence-corrected chi connectivity index (χ1v) is 5.52. The molecule has 0 aromatic heterocycles. The molecule has 0 bridgehead atoms. The lowest BCUT2D eigenvalue weighted by Crippen LogP contribution is -2.21. The fourth-order valence-corrected chi connectivity index (χ4v) is 2.27. The summed E-state index contributed by atoms with van der Waals surface area (Å²) in [5.74, 6) is 0.736. The Kier molecular flexibility index (Phi) is 2.80. The van der Waals surface area contributed by atoms with Gasteiger partial charge in [0.25, 0.3) is 0 Å². The van der Waals surface area contributed by atoms with Crippen LogP contribution >= 0.6 is 11.6 Å². The van der Waals surface area contributed by atoms with Crippen molar-refractivity contribution in [3.63, 3.8) is 0 Å². The standard InChI is InChI=1S/C12H16ClN/c1-9(2)6-14-7-10-3-4-12(13)5-11(10)8-14/h3-5,9H,6-8H2,1-2H3. The molecule has 0 atom stereocenters. The molecule has 2 rings (SSSR count). The van der Waals surface area contributed by atoms with Crippen molar-refractivity contribution in [2.45, 2.75) is 26.9 Å². The van der Waals surface area contributed by atoms with Crippen LogP contribution in [0.15, 0.2) is 18.2 Å².